The third-order valence-corrected chi connectivity index (χ3v) is 3.21. The van der Waals surface area contributed by atoms with Crippen molar-refractivity contribution in [2.24, 2.45) is 11.7 Å². The number of carbonyl (C=O) groups excluding carboxylic acids is 1. The van der Waals surface area contributed by atoms with Crippen molar-refractivity contribution in [3.8, 4) is 0 Å². The van der Waals surface area contributed by atoms with Crippen molar-refractivity contribution in [2.75, 3.05) is 6.54 Å². The quantitative estimate of drug-likeness (QED) is 0.749. The molecule has 3 N–H and O–H groups in total. The summed E-state index contributed by atoms with van der Waals surface area (Å²) in [5, 5.41) is 2.96. The van der Waals surface area contributed by atoms with Gasteiger partial charge in [0.15, 0.2) is 0 Å². The standard InChI is InChI=1S/C12H24N2O/c1-2-9-14-12(15)10-7-5-3-4-6-8-11(10)13/h10-11H,2-9,13H2,1H3,(H,14,15). The Hall–Kier alpha value is -0.570. The molecule has 1 saturated carbocycles. The Bertz CT molecular complexity index is 194. The summed E-state index contributed by atoms with van der Waals surface area (Å²) in [6.07, 6.45) is 7.83. The summed E-state index contributed by atoms with van der Waals surface area (Å²) in [4.78, 5) is 11.8. The van der Waals surface area contributed by atoms with E-state index in [1.165, 1.54) is 19.3 Å². The lowest BCUT2D eigenvalue weighted by atomic mass is 9.86. The first-order valence-corrected chi connectivity index (χ1v) is 6.29. The van der Waals surface area contributed by atoms with E-state index in [4.69, 9.17) is 5.73 Å². The minimum atomic E-state index is 0.0526. The number of nitrogens with two attached hydrogens (primary N) is 1. The van der Waals surface area contributed by atoms with Crippen LogP contribution in [0.2, 0.25) is 0 Å². The van der Waals surface area contributed by atoms with Crippen LogP contribution < -0.4 is 11.1 Å². The van der Waals surface area contributed by atoms with Gasteiger partial charge in [-0.2, -0.15) is 0 Å². The van der Waals surface area contributed by atoms with Gasteiger partial charge < -0.3 is 11.1 Å². The minimum absolute atomic E-state index is 0.0526. The van der Waals surface area contributed by atoms with Crippen LogP contribution >= 0.6 is 0 Å². The van der Waals surface area contributed by atoms with E-state index < -0.39 is 0 Å². The molecule has 0 aliphatic heterocycles. The van der Waals surface area contributed by atoms with Gasteiger partial charge in [-0.15, -0.1) is 0 Å². The topological polar surface area (TPSA) is 55.1 Å². The molecule has 0 aromatic carbocycles. The molecular weight excluding hydrogens is 188 g/mol. The first kappa shape index (κ1) is 12.5. The molecule has 0 radical (unpaired) electrons. The van der Waals surface area contributed by atoms with Crippen LogP contribution in [0.3, 0.4) is 0 Å². The average Bonchev–Trinajstić information content (AvgIpc) is 2.20. The van der Waals surface area contributed by atoms with Crippen LogP contribution in [0.15, 0.2) is 0 Å². The maximum atomic E-state index is 11.8. The van der Waals surface area contributed by atoms with E-state index in [-0.39, 0.29) is 17.9 Å². The fraction of sp³-hybridized carbons (Fsp3) is 0.917. The van der Waals surface area contributed by atoms with Crippen molar-refractivity contribution >= 4 is 5.91 Å². The van der Waals surface area contributed by atoms with Crippen LogP contribution in [0.5, 0.6) is 0 Å². The summed E-state index contributed by atoms with van der Waals surface area (Å²) in [5.41, 5.74) is 6.06. The first-order valence-electron chi connectivity index (χ1n) is 6.29. The molecule has 15 heavy (non-hydrogen) atoms. The van der Waals surface area contributed by atoms with E-state index in [0.29, 0.717) is 0 Å². The fourth-order valence-electron chi connectivity index (χ4n) is 2.22. The fourth-order valence-corrected chi connectivity index (χ4v) is 2.22. The number of carbonyl (C=O) groups is 1. The average molecular weight is 212 g/mol. The first-order chi connectivity index (χ1) is 7.25. The molecule has 0 bridgehead atoms. The molecule has 1 aliphatic carbocycles. The number of rotatable bonds is 3. The van der Waals surface area contributed by atoms with Gasteiger partial charge in [0.25, 0.3) is 0 Å². The monoisotopic (exact) mass is 212 g/mol. The summed E-state index contributed by atoms with van der Waals surface area (Å²) >= 11 is 0. The van der Waals surface area contributed by atoms with Crippen LogP contribution in [0.25, 0.3) is 0 Å². The second-order valence-corrected chi connectivity index (χ2v) is 4.55. The Morgan fingerprint density at radius 1 is 1.27 bits per heavy atom. The van der Waals surface area contributed by atoms with Crippen molar-refractivity contribution in [2.45, 2.75) is 57.9 Å². The van der Waals surface area contributed by atoms with Gasteiger partial charge in [-0.25, -0.2) is 0 Å². The summed E-state index contributed by atoms with van der Waals surface area (Å²) in [7, 11) is 0. The molecular formula is C12H24N2O. The third-order valence-electron chi connectivity index (χ3n) is 3.21. The van der Waals surface area contributed by atoms with Crippen molar-refractivity contribution in [1.82, 2.24) is 5.32 Å². The van der Waals surface area contributed by atoms with Gasteiger partial charge in [0.05, 0.1) is 5.92 Å². The van der Waals surface area contributed by atoms with Gasteiger partial charge in [-0.05, 0) is 19.3 Å². The molecule has 1 aliphatic rings. The second-order valence-electron chi connectivity index (χ2n) is 4.55. The molecule has 0 aromatic rings. The van der Waals surface area contributed by atoms with E-state index in [2.05, 4.69) is 12.2 Å². The van der Waals surface area contributed by atoms with Gasteiger partial charge in [0.2, 0.25) is 5.91 Å². The highest BCUT2D eigenvalue weighted by Crippen LogP contribution is 2.21. The number of amides is 1. The number of hydrogen-bond acceptors (Lipinski definition) is 2. The van der Waals surface area contributed by atoms with Gasteiger partial charge >= 0.3 is 0 Å². The van der Waals surface area contributed by atoms with Crippen LogP contribution in [-0.2, 0) is 4.79 Å². The van der Waals surface area contributed by atoms with Crippen LogP contribution in [0.1, 0.15) is 51.9 Å². The summed E-state index contributed by atoms with van der Waals surface area (Å²) < 4.78 is 0. The lowest BCUT2D eigenvalue weighted by Gasteiger charge is -2.25. The number of hydrogen-bond donors (Lipinski definition) is 2. The molecule has 0 aromatic heterocycles. The second kappa shape index (κ2) is 6.83. The summed E-state index contributed by atoms with van der Waals surface area (Å²) in [6, 6.07) is 0.0714. The largest absolute Gasteiger partial charge is 0.356 e. The smallest absolute Gasteiger partial charge is 0.224 e. The SMILES string of the molecule is CCCNC(=O)C1CCCCCCC1N. The van der Waals surface area contributed by atoms with Crippen LogP contribution in [-0.4, -0.2) is 18.5 Å². The van der Waals surface area contributed by atoms with E-state index in [9.17, 15) is 4.79 Å². The Labute approximate surface area is 92.8 Å². The lowest BCUT2D eigenvalue weighted by molar-refractivity contribution is -0.126. The van der Waals surface area contributed by atoms with Gasteiger partial charge in [-0.1, -0.05) is 32.6 Å². The van der Waals surface area contributed by atoms with Gasteiger partial charge in [-0.3, -0.25) is 4.79 Å². The molecule has 1 amide bonds. The molecule has 2 unspecified atom stereocenters. The van der Waals surface area contributed by atoms with Crippen molar-refractivity contribution in [3.63, 3.8) is 0 Å². The van der Waals surface area contributed by atoms with Crippen molar-refractivity contribution < 1.29 is 4.79 Å². The Kier molecular flexibility index (Phi) is 5.69. The Balaban J connectivity index is 2.43. The van der Waals surface area contributed by atoms with Crippen molar-refractivity contribution in [3.05, 3.63) is 0 Å². The zero-order valence-corrected chi connectivity index (χ0v) is 9.80. The lowest BCUT2D eigenvalue weighted by Crippen LogP contribution is -2.42. The molecule has 0 spiro atoms. The van der Waals surface area contributed by atoms with Gasteiger partial charge in [0.1, 0.15) is 0 Å². The van der Waals surface area contributed by atoms with E-state index in [1.54, 1.807) is 0 Å². The molecule has 3 heteroatoms. The molecule has 2 atom stereocenters. The molecule has 3 nitrogen and oxygen atoms in total. The summed E-state index contributed by atoms with van der Waals surface area (Å²) in [6.45, 7) is 2.85. The Morgan fingerprint density at radius 3 is 2.60 bits per heavy atom. The molecule has 88 valence electrons. The maximum Gasteiger partial charge on any atom is 0.224 e. The van der Waals surface area contributed by atoms with E-state index >= 15 is 0 Å². The van der Waals surface area contributed by atoms with E-state index in [1.807, 2.05) is 0 Å². The zero-order chi connectivity index (χ0) is 11.1. The van der Waals surface area contributed by atoms with Crippen LogP contribution in [0.4, 0.5) is 0 Å². The predicted molar refractivity (Wildman–Crippen MR) is 62.5 cm³/mol. The zero-order valence-electron chi connectivity index (χ0n) is 9.80. The highest BCUT2D eigenvalue weighted by Gasteiger charge is 2.25. The van der Waals surface area contributed by atoms with Gasteiger partial charge in [0, 0.05) is 12.6 Å². The summed E-state index contributed by atoms with van der Waals surface area (Å²) in [5.74, 6) is 0.225. The normalized spacial score (nSPS) is 27.9. The highest BCUT2D eigenvalue weighted by molar-refractivity contribution is 5.79. The highest BCUT2D eigenvalue weighted by atomic mass is 16.1. The van der Waals surface area contributed by atoms with Crippen molar-refractivity contribution in [1.29, 1.82) is 0 Å². The Morgan fingerprint density at radius 2 is 1.93 bits per heavy atom. The van der Waals surface area contributed by atoms with Crippen LogP contribution in [0, 0.1) is 5.92 Å². The maximum absolute atomic E-state index is 11.8. The molecule has 0 heterocycles. The van der Waals surface area contributed by atoms with E-state index in [0.717, 1.165) is 32.2 Å². The molecule has 1 rings (SSSR count). The number of nitrogens with one attached hydrogen (secondary N) is 1. The minimum Gasteiger partial charge on any atom is -0.356 e. The molecule has 1 fully saturated rings. The predicted octanol–water partition coefficient (Wildman–Crippen LogP) is 1.81. The molecule has 0 saturated heterocycles. The third kappa shape index (κ3) is 4.20.